The first-order chi connectivity index (χ1) is 14.3. The van der Waals surface area contributed by atoms with Crippen molar-refractivity contribution in [3.8, 4) is 11.5 Å². The Bertz CT molecular complexity index is 946. The van der Waals surface area contributed by atoms with Gasteiger partial charge in [0, 0.05) is 30.4 Å². The molecule has 0 aromatic heterocycles. The highest BCUT2D eigenvalue weighted by molar-refractivity contribution is 5.97. The fourth-order valence-electron chi connectivity index (χ4n) is 2.78. The molecule has 2 rings (SSSR count). The molecular weight excluding hydrogens is 394 g/mol. The second kappa shape index (κ2) is 10.1. The lowest BCUT2D eigenvalue weighted by molar-refractivity contribution is -0.384. The Hall–Kier alpha value is -3.82. The van der Waals surface area contributed by atoms with Crippen molar-refractivity contribution in [2.24, 2.45) is 0 Å². The van der Waals surface area contributed by atoms with E-state index in [1.54, 1.807) is 32.2 Å². The number of nitrogens with one attached hydrogen (secondary N) is 2. The molecule has 1 atom stereocenters. The molecule has 2 aromatic rings. The molecule has 0 aliphatic heterocycles. The summed E-state index contributed by atoms with van der Waals surface area (Å²) in [7, 11) is 4.61. The minimum absolute atomic E-state index is 0.0398. The molecule has 0 spiro atoms. The van der Waals surface area contributed by atoms with Gasteiger partial charge in [-0.15, -0.1) is 0 Å². The molecule has 0 radical (unpaired) electrons. The maximum atomic E-state index is 12.3. The molecule has 0 saturated heterocycles. The number of nitro benzene ring substituents is 1. The fourth-order valence-corrected chi connectivity index (χ4v) is 2.78. The van der Waals surface area contributed by atoms with Gasteiger partial charge in [-0.1, -0.05) is 0 Å². The number of nitrogens with zero attached hydrogens (tertiary/aromatic N) is 1. The third kappa shape index (κ3) is 5.37. The summed E-state index contributed by atoms with van der Waals surface area (Å²) in [5.74, 6) is -0.235. The zero-order valence-corrected chi connectivity index (χ0v) is 17.1. The van der Waals surface area contributed by atoms with Crippen LogP contribution >= 0.6 is 0 Å². The maximum absolute atomic E-state index is 12.3. The van der Waals surface area contributed by atoms with E-state index in [-0.39, 0.29) is 11.3 Å². The molecule has 0 aliphatic carbocycles. The quantitative estimate of drug-likeness (QED) is 0.362. The minimum atomic E-state index is -0.857. The number of hydrogen-bond donors (Lipinski definition) is 2. The van der Waals surface area contributed by atoms with Crippen LogP contribution in [0.2, 0.25) is 0 Å². The van der Waals surface area contributed by atoms with Crippen molar-refractivity contribution >= 4 is 23.3 Å². The summed E-state index contributed by atoms with van der Waals surface area (Å²) in [5, 5.41) is 16.4. The third-order valence-electron chi connectivity index (χ3n) is 4.32. The van der Waals surface area contributed by atoms with Gasteiger partial charge in [0.15, 0.2) is 6.61 Å². The summed E-state index contributed by atoms with van der Waals surface area (Å²) < 4.78 is 15.5. The van der Waals surface area contributed by atoms with Crippen molar-refractivity contribution in [3.63, 3.8) is 0 Å². The van der Waals surface area contributed by atoms with Crippen LogP contribution in [0, 0.1) is 10.1 Å². The molecule has 2 aromatic carbocycles. The monoisotopic (exact) mass is 417 g/mol. The van der Waals surface area contributed by atoms with Crippen LogP contribution in [-0.4, -0.2) is 44.7 Å². The number of non-ortho nitro benzene ring substituents is 1. The van der Waals surface area contributed by atoms with Crippen LogP contribution in [0.5, 0.6) is 11.5 Å². The van der Waals surface area contributed by atoms with E-state index < -0.39 is 29.4 Å². The number of anilines is 1. The maximum Gasteiger partial charge on any atom is 0.341 e. The third-order valence-corrected chi connectivity index (χ3v) is 4.32. The van der Waals surface area contributed by atoms with Gasteiger partial charge in [-0.25, -0.2) is 4.79 Å². The number of carbonyl (C=O) groups is 2. The number of amides is 1. The van der Waals surface area contributed by atoms with Crippen molar-refractivity contribution in [2.45, 2.75) is 13.0 Å². The molecule has 0 saturated carbocycles. The van der Waals surface area contributed by atoms with Crippen LogP contribution in [0.25, 0.3) is 0 Å². The first kappa shape index (κ1) is 22.5. The molecule has 160 valence electrons. The van der Waals surface area contributed by atoms with Crippen LogP contribution in [-0.2, 0) is 9.53 Å². The van der Waals surface area contributed by atoms with E-state index in [2.05, 4.69) is 10.6 Å². The SMILES string of the molecule is CNc1ccc([N+](=O)[O-])cc1C(=O)OCC(=O)N[C@H](C)c1cc(OC)ccc1OC. The van der Waals surface area contributed by atoms with E-state index in [1.807, 2.05) is 0 Å². The molecule has 0 aliphatic rings. The Labute approximate surface area is 173 Å². The van der Waals surface area contributed by atoms with Gasteiger partial charge < -0.3 is 24.8 Å². The summed E-state index contributed by atoms with van der Waals surface area (Å²) in [6.07, 6.45) is 0. The van der Waals surface area contributed by atoms with Gasteiger partial charge in [-0.2, -0.15) is 0 Å². The summed E-state index contributed by atoms with van der Waals surface area (Å²) in [6.45, 7) is 1.19. The highest BCUT2D eigenvalue weighted by Gasteiger charge is 2.20. The Morgan fingerprint density at radius 2 is 1.87 bits per heavy atom. The summed E-state index contributed by atoms with van der Waals surface area (Å²) >= 11 is 0. The van der Waals surface area contributed by atoms with Crippen LogP contribution in [0.1, 0.15) is 28.9 Å². The highest BCUT2D eigenvalue weighted by Crippen LogP contribution is 2.29. The number of rotatable bonds is 9. The van der Waals surface area contributed by atoms with Gasteiger partial charge >= 0.3 is 5.97 Å². The summed E-state index contributed by atoms with van der Waals surface area (Å²) in [5.41, 5.74) is 0.735. The van der Waals surface area contributed by atoms with Crippen molar-refractivity contribution in [1.29, 1.82) is 0 Å². The van der Waals surface area contributed by atoms with E-state index in [4.69, 9.17) is 14.2 Å². The smallest absolute Gasteiger partial charge is 0.341 e. The number of benzene rings is 2. The number of nitro groups is 1. The lowest BCUT2D eigenvalue weighted by atomic mass is 10.1. The summed E-state index contributed by atoms with van der Waals surface area (Å²) in [6, 6.07) is 8.49. The molecule has 10 heteroatoms. The molecule has 10 nitrogen and oxygen atoms in total. The Morgan fingerprint density at radius 1 is 1.13 bits per heavy atom. The van der Waals surface area contributed by atoms with Crippen LogP contribution in [0.3, 0.4) is 0 Å². The average molecular weight is 417 g/mol. The van der Waals surface area contributed by atoms with Crippen molar-refractivity contribution in [1.82, 2.24) is 5.32 Å². The van der Waals surface area contributed by atoms with Crippen LogP contribution in [0.15, 0.2) is 36.4 Å². The zero-order valence-electron chi connectivity index (χ0n) is 17.1. The van der Waals surface area contributed by atoms with Crippen LogP contribution in [0.4, 0.5) is 11.4 Å². The predicted octanol–water partition coefficient (Wildman–Crippen LogP) is 2.69. The van der Waals surface area contributed by atoms with E-state index >= 15 is 0 Å². The molecule has 1 amide bonds. The van der Waals surface area contributed by atoms with Gasteiger partial charge in [0.05, 0.1) is 30.7 Å². The topological polar surface area (TPSA) is 129 Å². The molecule has 0 fully saturated rings. The van der Waals surface area contributed by atoms with Crippen molar-refractivity contribution in [3.05, 3.63) is 57.6 Å². The number of esters is 1. The molecule has 0 unspecified atom stereocenters. The van der Waals surface area contributed by atoms with Gasteiger partial charge in [0.2, 0.25) is 0 Å². The Balaban J connectivity index is 2.05. The first-order valence-corrected chi connectivity index (χ1v) is 8.95. The second-order valence-corrected chi connectivity index (χ2v) is 6.21. The Kier molecular flexibility index (Phi) is 7.56. The minimum Gasteiger partial charge on any atom is -0.497 e. The number of methoxy groups -OCH3 is 2. The second-order valence-electron chi connectivity index (χ2n) is 6.21. The lowest BCUT2D eigenvalue weighted by Gasteiger charge is -2.18. The van der Waals surface area contributed by atoms with Gasteiger partial charge in [-0.3, -0.25) is 14.9 Å². The fraction of sp³-hybridized carbons (Fsp3) is 0.300. The van der Waals surface area contributed by atoms with E-state index in [1.165, 1.54) is 26.4 Å². The highest BCUT2D eigenvalue weighted by atomic mass is 16.6. The molecule has 30 heavy (non-hydrogen) atoms. The summed E-state index contributed by atoms with van der Waals surface area (Å²) in [4.78, 5) is 34.9. The number of carbonyl (C=O) groups excluding carboxylic acids is 2. The van der Waals surface area contributed by atoms with Gasteiger partial charge in [-0.05, 0) is 31.2 Å². The van der Waals surface area contributed by atoms with Crippen molar-refractivity contribution in [2.75, 3.05) is 33.2 Å². The van der Waals surface area contributed by atoms with Gasteiger partial charge in [0.1, 0.15) is 11.5 Å². The molecular formula is C20H23N3O7. The van der Waals surface area contributed by atoms with E-state index in [0.29, 0.717) is 22.7 Å². The predicted molar refractivity (Wildman–Crippen MR) is 109 cm³/mol. The molecule has 0 heterocycles. The first-order valence-electron chi connectivity index (χ1n) is 8.95. The average Bonchev–Trinajstić information content (AvgIpc) is 2.76. The number of ether oxygens (including phenoxy) is 3. The zero-order chi connectivity index (χ0) is 22.3. The Morgan fingerprint density at radius 3 is 2.47 bits per heavy atom. The van der Waals surface area contributed by atoms with E-state index in [0.717, 1.165) is 6.07 Å². The lowest BCUT2D eigenvalue weighted by Crippen LogP contribution is -2.31. The standard InChI is InChI=1S/C20H23N3O7/c1-12(15-10-14(28-3)6-8-18(15)29-4)22-19(24)11-30-20(25)16-9-13(23(26)27)5-7-17(16)21-2/h5-10,12,21H,11H2,1-4H3,(H,22,24)/t12-/m1/s1. The normalized spacial score (nSPS) is 11.2. The van der Waals surface area contributed by atoms with E-state index in [9.17, 15) is 19.7 Å². The van der Waals surface area contributed by atoms with Crippen LogP contribution < -0.4 is 20.1 Å². The largest absolute Gasteiger partial charge is 0.497 e. The van der Waals surface area contributed by atoms with Gasteiger partial charge in [0.25, 0.3) is 11.6 Å². The molecule has 0 bridgehead atoms. The van der Waals surface area contributed by atoms with Crippen molar-refractivity contribution < 1.29 is 28.7 Å². The molecule has 2 N–H and O–H groups in total. The number of hydrogen-bond acceptors (Lipinski definition) is 8.